The fourth-order valence-electron chi connectivity index (χ4n) is 4.48. The summed E-state index contributed by atoms with van der Waals surface area (Å²) in [5.74, 6) is 2.60. The quantitative estimate of drug-likeness (QED) is 0.635. The maximum Gasteiger partial charge on any atom is 0.00962 e. The molecule has 4 fully saturated rings. The van der Waals surface area contributed by atoms with Crippen molar-refractivity contribution in [3.8, 4) is 0 Å². The second-order valence-electron chi connectivity index (χ2n) is 5.75. The van der Waals surface area contributed by atoms with Crippen LogP contribution in [0.15, 0.2) is 0 Å². The molecule has 0 amide bonds. The van der Waals surface area contributed by atoms with Crippen molar-refractivity contribution in [3.05, 3.63) is 0 Å². The largest absolute Gasteiger partial charge is 0.330 e. The Morgan fingerprint density at radius 3 is 2.23 bits per heavy atom. The Labute approximate surface area is 80.1 Å². The zero-order valence-electron chi connectivity index (χ0n) is 8.21. The number of hydrogen-bond acceptors (Lipinski definition) is 2. The van der Waals surface area contributed by atoms with Crippen molar-refractivity contribution in [2.45, 2.75) is 38.1 Å². The molecule has 2 nitrogen and oxygen atoms in total. The molecule has 4 saturated carbocycles. The lowest BCUT2D eigenvalue weighted by atomic mass is 9.48. The van der Waals surface area contributed by atoms with Crippen molar-refractivity contribution < 1.29 is 0 Å². The fourth-order valence-corrected chi connectivity index (χ4v) is 4.48. The summed E-state index contributed by atoms with van der Waals surface area (Å²) in [6, 6.07) is 0.510. The summed E-state index contributed by atoms with van der Waals surface area (Å²) >= 11 is 0. The minimum absolute atomic E-state index is 0.510. The standard InChI is InChI=1S/C11H20N2/c12-6-11-3-7-1-8(4-11)10(13)9(2-7)5-11/h7-10H,1-6,12-13H2. The van der Waals surface area contributed by atoms with Gasteiger partial charge in [-0.05, 0) is 61.8 Å². The van der Waals surface area contributed by atoms with E-state index in [0.717, 1.165) is 24.3 Å². The Balaban J connectivity index is 1.92. The van der Waals surface area contributed by atoms with E-state index in [1.54, 1.807) is 0 Å². The molecule has 0 aliphatic heterocycles. The Hall–Kier alpha value is -0.0800. The van der Waals surface area contributed by atoms with Crippen LogP contribution in [0.5, 0.6) is 0 Å². The van der Waals surface area contributed by atoms with E-state index in [0.29, 0.717) is 11.5 Å². The van der Waals surface area contributed by atoms with Crippen molar-refractivity contribution in [2.75, 3.05) is 6.54 Å². The van der Waals surface area contributed by atoms with Crippen LogP contribution in [0.2, 0.25) is 0 Å². The highest BCUT2D eigenvalue weighted by molar-refractivity contribution is 5.06. The average Bonchev–Trinajstić information content (AvgIpc) is 2.13. The van der Waals surface area contributed by atoms with Gasteiger partial charge in [-0.3, -0.25) is 0 Å². The third-order valence-electron chi connectivity index (χ3n) is 4.91. The minimum Gasteiger partial charge on any atom is -0.330 e. The van der Waals surface area contributed by atoms with Crippen molar-refractivity contribution in [1.29, 1.82) is 0 Å². The van der Waals surface area contributed by atoms with E-state index in [1.165, 1.54) is 32.1 Å². The van der Waals surface area contributed by atoms with Crippen molar-refractivity contribution in [3.63, 3.8) is 0 Å². The summed E-state index contributed by atoms with van der Waals surface area (Å²) in [7, 11) is 0. The Kier molecular flexibility index (Phi) is 1.58. The van der Waals surface area contributed by atoms with Crippen LogP contribution in [-0.4, -0.2) is 12.6 Å². The van der Waals surface area contributed by atoms with Gasteiger partial charge in [-0.1, -0.05) is 0 Å². The van der Waals surface area contributed by atoms with E-state index >= 15 is 0 Å². The lowest BCUT2D eigenvalue weighted by molar-refractivity contribution is -0.0612. The van der Waals surface area contributed by atoms with Crippen LogP contribution in [0.4, 0.5) is 0 Å². The van der Waals surface area contributed by atoms with Crippen LogP contribution in [-0.2, 0) is 0 Å². The van der Waals surface area contributed by atoms with Gasteiger partial charge in [0.15, 0.2) is 0 Å². The Morgan fingerprint density at radius 2 is 1.69 bits per heavy atom. The molecule has 74 valence electrons. The molecule has 0 saturated heterocycles. The van der Waals surface area contributed by atoms with Crippen molar-refractivity contribution in [1.82, 2.24) is 0 Å². The molecule has 0 heterocycles. The zero-order valence-corrected chi connectivity index (χ0v) is 8.21. The molecule has 0 aromatic rings. The molecule has 13 heavy (non-hydrogen) atoms. The van der Waals surface area contributed by atoms with Crippen LogP contribution >= 0.6 is 0 Å². The highest BCUT2D eigenvalue weighted by Gasteiger charge is 2.53. The van der Waals surface area contributed by atoms with E-state index in [1.807, 2.05) is 0 Å². The molecule has 4 aliphatic rings. The van der Waals surface area contributed by atoms with E-state index in [4.69, 9.17) is 11.5 Å². The second-order valence-corrected chi connectivity index (χ2v) is 5.75. The third-order valence-corrected chi connectivity index (χ3v) is 4.91. The van der Waals surface area contributed by atoms with Gasteiger partial charge in [0.25, 0.3) is 0 Å². The first-order valence-corrected chi connectivity index (χ1v) is 5.68. The molecule has 2 heteroatoms. The van der Waals surface area contributed by atoms with Crippen LogP contribution in [0, 0.1) is 23.2 Å². The monoisotopic (exact) mass is 180 g/mol. The predicted octanol–water partition coefficient (Wildman–Crippen LogP) is 1.10. The summed E-state index contributed by atoms with van der Waals surface area (Å²) in [5, 5.41) is 0. The molecule has 4 bridgehead atoms. The highest BCUT2D eigenvalue weighted by Crippen LogP contribution is 2.58. The molecule has 0 aromatic carbocycles. The summed E-state index contributed by atoms with van der Waals surface area (Å²) < 4.78 is 0. The topological polar surface area (TPSA) is 52.0 Å². The molecule has 0 radical (unpaired) electrons. The number of rotatable bonds is 1. The van der Waals surface area contributed by atoms with E-state index in [-0.39, 0.29) is 0 Å². The SMILES string of the molecule is NCC12CC3CC(C1)C(N)C(C3)C2. The molecule has 0 spiro atoms. The molecule has 2 atom stereocenters. The van der Waals surface area contributed by atoms with Gasteiger partial charge in [0.1, 0.15) is 0 Å². The predicted molar refractivity (Wildman–Crippen MR) is 53.0 cm³/mol. The van der Waals surface area contributed by atoms with E-state index in [9.17, 15) is 0 Å². The van der Waals surface area contributed by atoms with E-state index in [2.05, 4.69) is 0 Å². The smallest absolute Gasteiger partial charge is 0.00962 e. The molecule has 2 unspecified atom stereocenters. The Morgan fingerprint density at radius 1 is 1.08 bits per heavy atom. The lowest BCUT2D eigenvalue weighted by Gasteiger charge is -2.59. The maximum absolute atomic E-state index is 6.24. The lowest BCUT2D eigenvalue weighted by Crippen LogP contribution is -2.58. The Bertz CT molecular complexity index is 210. The zero-order chi connectivity index (χ0) is 9.05. The van der Waals surface area contributed by atoms with Gasteiger partial charge in [-0.15, -0.1) is 0 Å². The first-order chi connectivity index (χ1) is 6.22. The second kappa shape index (κ2) is 2.48. The molecule has 4 N–H and O–H groups in total. The first kappa shape index (κ1) is 8.25. The highest BCUT2D eigenvalue weighted by atomic mass is 14.8. The van der Waals surface area contributed by atoms with E-state index < -0.39 is 0 Å². The van der Waals surface area contributed by atoms with Crippen LogP contribution in [0.3, 0.4) is 0 Å². The number of hydrogen-bond donors (Lipinski definition) is 2. The van der Waals surface area contributed by atoms with Gasteiger partial charge in [0.05, 0.1) is 0 Å². The maximum atomic E-state index is 6.24. The third kappa shape index (κ3) is 1.02. The van der Waals surface area contributed by atoms with Crippen LogP contribution in [0.1, 0.15) is 32.1 Å². The summed E-state index contributed by atoms with van der Waals surface area (Å²) in [6.45, 7) is 0.906. The normalized spacial score (nSPS) is 58.6. The molecule has 4 aliphatic carbocycles. The number of nitrogens with two attached hydrogens (primary N) is 2. The molecule has 0 aromatic heterocycles. The summed E-state index contributed by atoms with van der Waals surface area (Å²) in [4.78, 5) is 0. The van der Waals surface area contributed by atoms with Gasteiger partial charge in [0, 0.05) is 6.04 Å². The fraction of sp³-hybridized carbons (Fsp3) is 1.00. The van der Waals surface area contributed by atoms with Gasteiger partial charge in [-0.2, -0.15) is 0 Å². The summed E-state index contributed by atoms with van der Waals surface area (Å²) in [6.07, 6.45) is 6.87. The van der Waals surface area contributed by atoms with Crippen molar-refractivity contribution in [2.24, 2.45) is 34.6 Å². The average molecular weight is 180 g/mol. The molecular formula is C11H20N2. The van der Waals surface area contributed by atoms with Crippen LogP contribution in [0.25, 0.3) is 0 Å². The van der Waals surface area contributed by atoms with Gasteiger partial charge < -0.3 is 11.5 Å². The van der Waals surface area contributed by atoms with Crippen LogP contribution < -0.4 is 11.5 Å². The molecular weight excluding hydrogens is 160 g/mol. The summed E-state index contributed by atoms with van der Waals surface area (Å²) in [5.41, 5.74) is 12.7. The minimum atomic E-state index is 0.510. The first-order valence-electron chi connectivity index (χ1n) is 5.68. The van der Waals surface area contributed by atoms with Gasteiger partial charge >= 0.3 is 0 Å². The van der Waals surface area contributed by atoms with Gasteiger partial charge in [0.2, 0.25) is 0 Å². The van der Waals surface area contributed by atoms with Gasteiger partial charge in [-0.25, -0.2) is 0 Å². The molecule has 4 rings (SSSR count). The van der Waals surface area contributed by atoms with Crippen molar-refractivity contribution >= 4 is 0 Å².